The number of fused-ring (bicyclic) bond motifs is 4. The van der Waals surface area contributed by atoms with Crippen LogP contribution in [0.25, 0.3) is 22.2 Å². The van der Waals surface area contributed by atoms with Crippen LogP contribution in [0.5, 0.6) is 0 Å². The van der Waals surface area contributed by atoms with Gasteiger partial charge in [0.1, 0.15) is 18.2 Å². The second-order valence-corrected chi connectivity index (χ2v) is 8.52. The molecule has 166 valence electrons. The summed E-state index contributed by atoms with van der Waals surface area (Å²) in [5, 5.41) is 10.8. The molecule has 1 aliphatic carbocycles. The maximum atomic E-state index is 13.2. The first-order valence-electron chi connectivity index (χ1n) is 11.0. The summed E-state index contributed by atoms with van der Waals surface area (Å²) in [6.45, 7) is 3.92. The summed E-state index contributed by atoms with van der Waals surface area (Å²) in [4.78, 5) is 25.9. The number of rotatable bonds is 5. The Bertz CT molecular complexity index is 1300. The SMILES string of the molecule is CC(C)C(NC(=O)OCC1c2ccccc2-c2ccccc21)C(=O)n1nnc2ccccc21. The van der Waals surface area contributed by atoms with Crippen molar-refractivity contribution in [1.82, 2.24) is 20.3 Å². The molecule has 33 heavy (non-hydrogen) atoms. The highest BCUT2D eigenvalue weighted by Gasteiger charge is 2.31. The number of amides is 1. The molecule has 4 aromatic rings. The minimum absolute atomic E-state index is 0.0457. The predicted octanol–water partition coefficient (Wildman–Crippen LogP) is 4.63. The highest BCUT2D eigenvalue weighted by Crippen LogP contribution is 2.44. The zero-order valence-electron chi connectivity index (χ0n) is 18.4. The Kier molecular flexibility index (Phi) is 5.38. The van der Waals surface area contributed by atoms with Gasteiger partial charge in [-0.15, -0.1) is 5.10 Å². The van der Waals surface area contributed by atoms with E-state index in [1.54, 1.807) is 12.1 Å². The lowest BCUT2D eigenvalue weighted by Gasteiger charge is -2.21. The molecule has 7 heteroatoms. The van der Waals surface area contributed by atoms with Crippen molar-refractivity contribution in [3.8, 4) is 11.1 Å². The van der Waals surface area contributed by atoms with Crippen molar-refractivity contribution in [3.05, 3.63) is 83.9 Å². The molecule has 1 amide bonds. The summed E-state index contributed by atoms with van der Waals surface area (Å²) >= 11 is 0. The minimum atomic E-state index is -0.800. The van der Waals surface area contributed by atoms with Crippen molar-refractivity contribution in [3.63, 3.8) is 0 Å². The van der Waals surface area contributed by atoms with Crippen LogP contribution < -0.4 is 5.32 Å². The molecule has 5 rings (SSSR count). The predicted molar refractivity (Wildman–Crippen MR) is 125 cm³/mol. The maximum Gasteiger partial charge on any atom is 0.407 e. The highest BCUT2D eigenvalue weighted by molar-refractivity contribution is 5.93. The number of hydrogen-bond acceptors (Lipinski definition) is 5. The van der Waals surface area contributed by atoms with Gasteiger partial charge in [-0.1, -0.05) is 79.7 Å². The van der Waals surface area contributed by atoms with E-state index < -0.39 is 12.1 Å². The van der Waals surface area contributed by atoms with Gasteiger partial charge in [-0.25, -0.2) is 4.79 Å². The van der Waals surface area contributed by atoms with Gasteiger partial charge in [-0.3, -0.25) is 4.79 Å². The van der Waals surface area contributed by atoms with Gasteiger partial charge in [0.15, 0.2) is 0 Å². The monoisotopic (exact) mass is 440 g/mol. The van der Waals surface area contributed by atoms with Crippen LogP contribution in [0.3, 0.4) is 0 Å². The van der Waals surface area contributed by atoms with Crippen LogP contribution in [0.15, 0.2) is 72.8 Å². The summed E-state index contributed by atoms with van der Waals surface area (Å²) in [6, 6.07) is 22.7. The molecule has 0 saturated heterocycles. The Hall–Kier alpha value is -4.00. The first kappa shape index (κ1) is 20.9. The number of para-hydroxylation sites is 1. The van der Waals surface area contributed by atoms with Crippen LogP contribution in [-0.4, -0.2) is 39.6 Å². The van der Waals surface area contributed by atoms with Crippen molar-refractivity contribution in [1.29, 1.82) is 0 Å². The lowest BCUT2D eigenvalue weighted by molar-refractivity contribution is 0.0795. The molecule has 0 saturated carbocycles. The van der Waals surface area contributed by atoms with E-state index >= 15 is 0 Å². The normalized spacial score (nSPS) is 13.5. The molecule has 0 spiro atoms. The van der Waals surface area contributed by atoms with Gasteiger partial charge in [-0.05, 0) is 40.3 Å². The molecule has 0 radical (unpaired) electrons. The molecule has 1 atom stereocenters. The topological polar surface area (TPSA) is 86.1 Å². The van der Waals surface area contributed by atoms with Crippen molar-refractivity contribution in [2.24, 2.45) is 5.92 Å². The molecule has 1 aliphatic rings. The number of carbonyl (C=O) groups excluding carboxylic acids is 2. The summed E-state index contributed by atoms with van der Waals surface area (Å²) in [5.74, 6) is -0.566. The largest absolute Gasteiger partial charge is 0.449 e. The first-order valence-corrected chi connectivity index (χ1v) is 11.0. The molecule has 1 unspecified atom stereocenters. The zero-order valence-corrected chi connectivity index (χ0v) is 18.4. The van der Waals surface area contributed by atoms with Gasteiger partial charge < -0.3 is 10.1 Å². The Morgan fingerprint density at radius 3 is 2.21 bits per heavy atom. The second kappa shape index (κ2) is 8.50. The van der Waals surface area contributed by atoms with Gasteiger partial charge >= 0.3 is 6.09 Å². The Labute approximate surface area is 191 Å². The lowest BCUT2D eigenvalue weighted by atomic mass is 9.98. The Morgan fingerprint density at radius 1 is 0.939 bits per heavy atom. The van der Waals surface area contributed by atoms with Crippen LogP contribution in [0.4, 0.5) is 4.79 Å². The third kappa shape index (κ3) is 3.75. The Morgan fingerprint density at radius 2 is 1.55 bits per heavy atom. The van der Waals surface area contributed by atoms with Crippen molar-refractivity contribution in [2.75, 3.05) is 6.61 Å². The molecular formula is C26H24N4O3. The van der Waals surface area contributed by atoms with E-state index in [9.17, 15) is 9.59 Å². The number of aromatic nitrogens is 3. The quantitative estimate of drug-likeness (QED) is 0.489. The minimum Gasteiger partial charge on any atom is -0.449 e. The van der Waals surface area contributed by atoms with E-state index in [2.05, 4.69) is 39.9 Å². The number of hydrogen-bond donors (Lipinski definition) is 1. The van der Waals surface area contributed by atoms with Crippen molar-refractivity contribution < 1.29 is 14.3 Å². The number of nitrogens with one attached hydrogen (secondary N) is 1. The van der Waals surface area contributed by atoms with Crippen LogP contribution >= 0.6 is 0 Å². The van der Waals surface area contributed by atoms with Crippen LogP contribution in [-0.2, 0) is 4.74 Å². The van der Waals surface area contributed by atoms with Gasteiger partial charge in [0, 0.05) is 5.92 Å². The van der Waals surface area contributed by atoms with Crippen LogP contribution in [0.1, 0.15) is 35.7 Å². The molecule has 1 N–H and O–H groups in total. The summed E-state index contributed by atoms with van der Waals surface area (Å²) in [7, 11) is 0. The molecule has 1 heterocycles. The third-order valence-corrected chi connectivity index (χ3v) is 6.11. The van der Waals surface area contributed by atoms with E-state index in [-0.39, 0.29) is 24.3 Å². The molecule has 7 nitrogen and oxygen atoms in total. The summed E-state index contributed by atoms with van der Waals surface area (Å²) < 4.78 is 6.87. The van der Waals surface area contributed by atoms with Crippen molar-refractivity contribution in [2.45, 2.75) is 25.8 Å². The molecule has 3 aromatic carbocycles. The van der Waals surface area contributed by atoms with E-state index in [0.29, 0.717) is 11.0 Å². The van der Waals surface area contributed by atoms with E-state index in [1.165, 1.54) is 4.68 Å². The number of carbonyl (C=O) groups is 2. The number of alkyl carbamates (subject to hydrolysis) is 1. The number of nitrogens with zero attached hydrogens (tertiary/aromatic N) is 3. The summed E-state index contributed by atoms with van der Waals surface area (Å²) in [5.41, 5.74) is 5.82. The fraction of sp³-hybridized carbons (Fsp3) is 0.231. The number of benzene rings is 3. The standard InChI is InChI=1S/C26H24N4O3/c1-16(2)24(25(31)30-23-14-8-7-13-22(23)28-29-30)27-26(32)33-15-21-19-11-5-3-9-17(19)18-10-4-6-12-20(18)21/h3-14,16,21,24H,15H2,1-2H3,(H,27,32). The zero-order chi connectivity index (χ0) is 22.9. The van der Waals surface area contributed by atoms with E-state index in [1.807, 2.05) is 50.2 Å². The lowest BCUT2D eigenvalue weighted by Crippen LogP contribution is -2.47. The van der Waals surface area contributed by atoms with Gasteiger partial charge in [0.25, 0.3) is 5.91 Å². The Balaban J connectivity index is 1.31. The third-order valence-electron chi connectivity index (χ3n) is 6.11. The van der Waals surface area contributed by atoms with E-state index in [0.717, 1.165) is 22.3 Å². The summed E-state index contributed by atoms with van der Waals surface area (Å²) in [6.07, 6.45) is -0.631. The highest BCUT2D eigenvalue weighted by atomic mass is 16.5. The average molecular weight is 441 g/mol. The van der Waals surface area contributed by atoms with E-state index in [4.69, 9.17) is 4.74 Å². The fourth-order valence-corrected chi connectivity index (χ4v) is 4.44. The second-order valence-electron chi connectivity index (χ2n) is 8.52. The van der Waals surface area contributed by atoms with Crippen molar-refractivity contribution >= 4 is 23.0 Å². The van der Waals surface area contributed by atoms with Gasteiger partial charge in [0.2, 0.25) is 0 Å². The smallest absolute Gasteiger partial charge is 0.407 e. The average Bonchev–Trinajstić information content (AvgIpc) is 3.40. The number of ether oxygens (including phenoxy) is 1. The van der Waals surface area contributed by atoms with Gasteiger partial charge in [-0.2, -0.15) is 4.68 Å². The van der Waals surface area contributed by atoms with Crippen LogP contribution in [0, 0.1) is 5.92 Å². The van der Waals surface area contributed by atoms with Crippen LogP contribution in [0.2, 0.25) is 0 Å². The van der Waals surface area contributed by atoms with Gasteiger partial charge in [0.05, 0.1) is 5.52 Å². The first-order chi connectivity index (χ1) is 16.0. The molecule has 0 aliphatic heterocycles. The molecule has 0 fully saturated rings. The fourth-order valence-electron chi connectivity index (χ4n) is 4.44. The molecule has 1 aromatic heterocycles. The molecule has 0 bridgehead atoms. The maximum absolute atomic E-state index is 13.2. The molecular weight excluding hydrogens is 416 g/mol.